The number of carboxylic acid groups (broad SMARTS) is 1. The van der Waals surface area contributed by atoms with Crippen molar-refractivity contribution in [2.24, 2.45) is 0 Å². The number of carbonyl (C=O) groups is 1. The van der Waals surface area contributed by atoms with Crippen LogP contribution in [0.3, 0.4) is 0 Å². The third-order valence-electron chi connectivity index (χ3n) is 2.24. The fourth-order valence-corrected chi connectivity index (χ4v) is 1.37. The van der Waals surface area contributed by atoms with Crippen molar-refractivity contribution in [1.82, 2.24) is 5.32 Å². The van der Waals surface area contributed by atoms with Gasteiger partial charge in [0.1, 0.15) is 0 Å². The van der Waals surface area contributed by atoms with Gasteiger partial charge in [-0.3, -0.25) is 0 Å². The van der Waals surface area contributed by atoms with Crippen LogP contribution in [0.15, 0.2) is 24.4 Å². The van der Waals surface area contributed by atoms with Gasteiger partial charge >= 0.3 is 5.97 Å². The molecule has 0 bridgehead atoms. The molecule has 3 heteroatoms. The van der Waals surface area contributed by atoms with E-state index in [-0.39, 0.29) is 0 Å². The fraction of sp³-hybridized carbons (Fsp3) is 0.500. The van der Waals surface area contributed by atoms with Crippen LogP contribution in [0, 0.1) is 0 Å². The molecule has 1 unspecified atom stereocenters. The Hall–Kier alpha value is -1.25. The van der Waals surface area contributed by atoms with Crippen molar-refractivity contribution in [1.29, 1.82) is 0 Å². The minimum atomic E-state index is -0.870. The Balaban J connectivity index is 2.70. The number of nitrogens with one attached hydrogen (secondary N) is 1. The second-order valence-electron chi connectivity index (χ2n) is 3.24. The lowest BCUT2D eigenvalue weighted by atomic mass is 9.91. The van der Waals surface area contributed by atoms with Gasteiger partial charge in [-0.25, -0.2) is 4.79 Å². The summed E-state index contributed by atoms with van der Waals surface area (Å²) in [7, 11) is 0. The molecule has 1 heterocycles. The van der Waals surface area contributed by atoms with Crippen LogP contribution in [0.4, 0.5) is 0 Å². The number of aliphatic carboxylic acids is 1. The number of carboxylic acids is 1. The summed E-state index contributed by atoms with van der Waals surface area (Å²) < 4.78 is 0. The average molecular weight is 181 g/mol. The van der Waals surface area contributed by atoms with Crippen LogP contribution in [0.2, 0.25) is 0 Å². The van der Waals surface area contributed by atoms with Crippen molar-refractivity contribution in [2.45, 2.75) is 31.7 Å². The van der Waals surface area contributed by atoms with Crippen molar-refractivity contribution < 1.29 is 9.90 Å². The van der Waals surface area contributed by atoms with Crippen LogP contribution in [0.1, 0.15) is 26.2 Å². The molecular weight excluding hydrogens is 166 g/mol. The highest BCUT2D eigenvalue weighted by atomic mass is 16.4. The molecule has 2 N–H and O–H groups in total. The molecule has 13 heavy (non-hydrogen) atoms. The molecule has 0 aromatic carbocycles. The van der Waals surface area contributed by atoms with Crippen LogP contribution >= 0.6 is 0 Å². The highest BCUT2D eigenvalue weighted by molar-refractivity contribution is 5.82. The molecule has 1 atom stereocenters. The average Bonchev–Trinajstić information content (AvgIpc) is 2.16. The molecule has 1 rings (SSSR count). The molecule has 0 aliphatic carbocycles. The molecule has 0 fully saturated rings. The minimum absolute atomic E-state index is 0.639. The number of hydrogen-bond acceptors (Lipinski definition) is 2. The molecule has 0 amide bonds. The SMILES string of the molecule is CCCCC1(C(=O)O)C=CC=CN1. The van der Waals surface area contributed by atoms with E-state index in [1.165, 1.54) is 0 Å². The van der Waals surface area contributed by atoms with Gasteiger partial charge in [0.15, 0.2) is 5.54 Å². The molecule has 0 aromatic heterocycles. The van der Waals surface area contributed by atoms with Gasteiger partial charge in [-0.15, -0.1) is 0 Å². The second-order valence-corrected chi connectivity index (χ2v) is 3.24. The fourth-order valence-electron chi connectivity index (χ4n) is 1.37. The molecular formula is C10H15NO2. The summed E-state index contributed by atoms with van der Waals surface area (Å²) in [6, 6.07) is 0. The highest BCUT2D eigenvalue weighted by Gasteiger charge is 2.34. The van der Waals surface area contributed by atoms with Crippen molar-refractivity contribution >= 4 is 5.97 Å². The van der Waals surface area contributed by atoms with Gasteiger partial charge < -0.3 is 10.4 Å². The van der Waals surface area contributed by atoms with E-state index in [2.05, 4.69) is 12.2 Å². The van der Waals surface area contributed by atoms with Crippen molar-refractivity contribution in [3.05, 3.63) is 24.4 Å². The zero-order valence-electron chi connectivity index (χ0n) is 7.79. The molecule has 0 spiro atoms. The highest BCUT2D eigenvalue weighted by Crippen LogP contribution is 2.19. The van der Waals surface area contributed by atoms with E-state index in [1.54, 1.807) is 24.4 Å². The van der Waals surface area contributed by atoms with E-state index < -0.39 is 11.5 Å². The van der Waals surface area contributed by atoms with Gasteiger partial charge in [-0.05, 0) is 24.8 Å². The minimum Gasteiger partial charge on any atom is -0.479 e. The van der Waals surface area contributed by atoms with Crippen LogP contribution in [0.25, 0.3) is 0 Å². The summed E-state index contributed by atoms with van der Waals surface area (Å²) in [5.41, 5.74) is -0.870. The lowest BCUT2D eigenvalue weighted by Crippen LogP contribution is -2.48. The van der Waals surface area contributed by atoms with Gasteiger partial charge in [0.25, 0.3) is 0 Å². The molecule has 0 saturated carbocycles. The standard InChI is InChI=1S/C10H15NO2/c1-2-3-6-10(9(12)13)7-4-5-8-11-10/h4-5,7-8,11H,2-3,6H2,1H3,(H,12,13). The van der Waals surface area contributed by atoms with E-state index in [1.807, 2.05) is 0 Å². The normalized spacial score (nSPS) is 25.6. The topological polar surface area (TPSA) is 49.3 Å². The van der Waals surface area contributed by atoms with E-state index in [9.17, 15) is 4.79 Å². The van der Waals surface area contributed by atoms with Gasteiger partial charge in [0.2, 0.25) is 0 Å². The lowest BCUT2D eigenvalue weighted by molar-refractivity contribution is -0.142. The first kappa shape index (κ1) is 9.84. The van der Waals surface area contributed by atoms with Crippen molar-refractivity contribution in [3.8, 4) is 0 Å². The Morgan fingerprint density at radius 1 is 1.54 bits per heavy atom. The molecule has 1 aliphatic heterocycles. The first-order valence-corrected chi connectivity index (χ1v) is 4.57. The summed E-state index contributed by atoms with van der Waals surface area (Å²) in [4.78, 5) is 11.0. The number of unbranched alkanes of at least 4 members (excludes halogenated alkanes) is 1. The van der Waals surface area contributed by atoms with Crippen molar-refractivity contribution in [2.75, 3.05) is 0 Å². The van der Waals surface area contributed by atoms with Crippen LogP contribution < -0.4 is 5.32 Å². The molecule has 3 nitrogen and oxygen atoms in total. The number of rotatable bonds is 4. The Labute approximate surface area is 78.1 Å². The summed E-state index contributed by atoms with van der Waals surface area (Å²) in [5, 5.41) is 12.0. The third-order valence-corrected chi connectivity index (χ3v) is 2.24. The number of dihydropyridines is 1. The van der Waals surface area contributed by atoms with Gasteiger partial charge in [0, 0.05) is 0 Å². The van der Waals surface area contributed by atoms with Crippen LogP contribution in [-0.4, -0.2) is 16.6 Å². The molecule has 0 aromatic rings. The summed E-state index contributed by atoms with van der Waals surface area (Å²) in [6.07, 6.45) is 9.54. The maximum atomic E-state index is 11.0. The van der Waals surface area contributed by atoms with E-state index in [0.29, 0.717) is 6.42 Å². The number of hydrogen-bond donors (Lipinski definition) is 2. The molecule has 0 radical (unpaired) electrons. The van der Waals surface area contributed by atoms with Gasteiger partial charge in [-0.2, -0.15) is 0 Å². The molecule has 72 valence electrons. The van der Waals surface area contributed by atoms with Crippen LogP contribution in [-0.2, 0) is 4.79 Å². The number of allylic oxidation sites excluding steroid dienone is 2. The summed E-state index contributed by atoms with van der Waals surface area (Å²) in [6.45, 7) is 2.05. The molecule has 0 saturated heterocycles. The summed E-state index contributed by atoms with van der Waals surface area (Å²) in [5.74, 6) is -0.804. The second kappa shape index (κ2) is 4.12. The van der Waals surface area contributed by atoms with Crippen LogP contribution in [0.5, 0.6) is 0 Å². The Morgan fingerprint density at radius 2 is 2.31 bits per heavy atom. The lowest BCUT2D eigenvalue weighted by Gasteiger charge is -2.28. The van der Waals surface area contributed by atoms with Crippen molar-refractivity contribution in [3.63, 3.8) is 0 Å². The Kier molecular flexibility index (Phi) is 3.12. The Bertz CT molecular complexity index is 245. The Morgan fingerprint density at radius 3 is 2.77 bits per heavy atom. The quantitative estimate of drug-likeness (QED) is 0.693. The van der Waals surface area contributed by atoms with E-state index in [4.69, 9.17) is 5.11 Å². The maximum Gasteiger partial charge on any atom is 0.333 e. The monoisotopic (exact) mass is 181 g/mol. The summed E-state index contributed by atoms with van der Waals surface area (Å²) >= 11 is 0. The van der Waals surface area contributed by atoms with Gasteiger partial charge in [0.05, 0.1) is 0 Å². The zero-order valence-corrected chi connectivity index (χ0v) is 7.79. The van der Waals surface area contributed by atoms with Gasteiger partial charge in [-0.1, -0.05) is 25.8 Å². The predicted molar refractivity (Wildman–Crippen MR) is 51.3 cm³/mol. The third kappa shape index (κ3) is 2.11. The maximum absolute atomic E-state index is 11.0. The first-order chi connectivity index (χ1) is 6.21. The zero-order chi connectivity index (χ0) is 9.73. The van der Waals surface area contributed by atoms with E-state index >= 15 is 0 Å². The largest absolute Gasteiger partial charge is 0.479 e. The smallest absolute Gasteiger partial charge is 0.333 e. The molecule has 1 aliphatic rings. The predicted octanol–water partition coefficient (Wildman–Crippen LogP) is 1.67. The van der Waals surface area contributed by atoms with E-state index in [0.717, 1.165) is 12.8 Å². The first-order valence-electron chi connectivity index (χ1n) is 4.57.